The molecule has 6 heteroatoms. The number of hydrogen-bond donors (Lipinski definition) is 1. The van der Waals surface area contributed by atoms with E-state index < -0.39 is 5.79 Å². The Balaban J connectivity index is 1.54. The molecule has 1 aromatic carbocycles. The van der Waals surface area contributed by atoms with Gasteiger partial charge in [-0.25, -0.2) is 9.07 Å². The fourth-order valence-electron chi connectivity index (χ4n) is 4.67. The van der Waals surface area contributed by atoms with E-state index in [9.17, 15) is 9.50 Å². The summed E-state index contributed by atoms with van der Waals surface area (Å²) in [7, 11) is 0. The van der Waals surface area contributed by atoms with Crippen molar-refractivity contribution in [3.8, 4) is 5.69 Å². The summed E-state index contributed by atoms with van der Waals surface area (Å²) < 4.78 is 26.9. The normalized spacial score (nSPS) is 26.5. The third-order valence-corrected chi connectivity index (χ3v) is 5.98. The van der Waals surface area contributed by atoms with Crippen LogP contribution in [0.2, 0.25) is 0 Å². The van der Waals surface area contributed by atoms with Crippen molar-refractivity contribution in [2.45, 2.75) is 31.5 Å². The van der Waals surface area contributed by atoms with E-state index in [4.69, 9.17) is 9.47 Å². The van der Waals surface area contributed by atoms with Crippen LogP contribution in [0.4, 0.5) is 4.39 Å². The highest BCUT2D eigenvalue weighted by Crippen LogP contribution is 2.53. The van der Waals surface area contributed by atoms with Gasteiger partial charge in [0.1, 0.15) is 5.82 Å². The van der Waals surface area contributed by atoms with Crippen molar-refractivity contribution in [2.24, 2.45) is 5.41 Å². The molecule has 2 heterocycles. The summed E-state index contributed by atoms with van der Waals surface area (Å²) in [6.07, 6.45) is 7.01. The van der Waals surface area contributed by atoms with Crippen LogP contribution in [0.25, 0.3) is 11.8 Å². The number of rotatable bonds is 2. The molecule has 1 saturated heterocycles. The average Bonchev–Trinajstić information content (AvgIpc) is 3.27. The van der Waals surface area contributed by atoms with Crippen LogP contribution < -0.4 is 0 Å². The Hall–Kier alpha value is -2.02. The summed E-state index contributed by atoms with van der Waals surface area (Å²) in [6, 6.07) is 6.34. The van der Waals surface area contributed by atoms with Gasteiger partial charge in [0.15, 0.2) is 5.79 Å². The first-order valence-corrected chi connectivity index (χ1v) is 9.06. The van der Waals surface area contributed by atoms with Crippen LogP contribution in [-0.4, -0.2) is 40.5 Å². The minimum absolute atomic E-state index is 0.0640. The molecule has 26 heavy (non-hydrogen) atoms. The molecule has 1 aliphatic heterocycles. The number of benzene rings is 1. The number of aliphatic hydroxyl groups is 1. The van der Waals surface area contributed by atoms with Crippen LogP contribution in [0.3, 0.4) is 0 Å². The maximum Gasteiger partial charge on any atom is 0.169 e. The monoisotopic (exact) mass is 356 g/mol. The molecule has 3 aliphatic rings. The summed E-state index contributed by atoms with van der Waals surface area (Å²) in [5.74, 6) is -0.814. The van der Waals surface area contributed by atoms with Gasteiger partial charge < -0.3 is 14.6 Å². The molecule has 0 amide bonds. The van der Waals surface area contributed by atoms with E-state index in [0.29, 0.717) is 26.1 Å². The third-order valence-electron chi connectivity index (χ3n) is 5.98. The molecular formula is C20H21FN2O3. The molecule has 2 aromatic rings. The molecule has 1 N–H and O–H groups in total. The van der Waals surface area contributed by atoms with Gasteiger partial charge in [-0.2, -0.15) is 5.10 Å². The van der Waals surface area contributed by atoms with Crippen molar-refractivity contribution in [2.75, 3.05) is 19.8 Å². The Morgan fingerprint density at radius 1 is 1.19 bits per heavy atom. The van der Waals surface area contributed by atoms with E-state index in [0.717, 1.165) is 29.8 Å². The smallest absolute Gasteiger partial charge is 0.169 e. The van der Waals surface area contributed by atoms with Crippen molar-refractivity contribution in [3.05, 3.63) is 53.1 Å². The predicted octanol–water partition coefficient (Wildman–Crippen LogP) is 2.86. The van der Waals surface area contributed by atoms with Gasteiger partial charge in [-0.1, -0.05) is 5.57 Å². The van der Waals surface area contributed by atoms with E-state index >= 15 is 0 Å². The standard InChI is InChI=1S/C20H21FN2O3/c21-16-1-3-17(4-2-16)23-18-9-15-5-6-20(25-7-8-26-20)12-19(15,13-24)10-14(18)11-22-23/h1-4,9,11,24H,5-8,10,12-13H2/t19-/m1/s1. The topological polar surface area (TPSA) is 56.5 Å². The fourth-order valence-corrected chi connectivity index (χ4v) is 4.67. The predicted molar refractivity (Wildman–Crippen MR) is 93.2 cm³/mol. The Morgan fingerprint density at radius 2 is 1.96 bits per heavy atom. The van der Waals surface area contributed by atoms with Gasteiger partial charge in [-0.15, -0.1) is 0 Å². The van der Waals surface area contributed by atoms with Crippen LogP contribution in [0.1, 0.15) is 30.5 Å². The molecule has 1 saturated carbocycles. The first kappa shape index (κ1) is 16.2. The van der Waals surface area contributed by atoms with E-state index in [2.05, 4.69) is 11.2 Å². The lowest BCUT2D eigenvalue weighted by Crippen LogP contribution is -2.47. The van der Waals surface area contributed by atoms with Crippen LogP contribution in [-0.2, 0) is 15.9 Å². The molecule has 0 unspecified atom stereocenters. The van der Waals surface area contributed by atoms with E-state index in [1.807, 2.05) is 10.9 Å². The number of fused-ring (bicyclic) bond motifs is 2. The van der Waals surface area contributed by atoms with Gasteiger partial charge in [-0.05, 0) is 48.7 Å². The number of aliphatic hydroxyl groups excluding tert-OH is 1. The lowest BCUT2D eigenvalue weighted by atomic mass is 9.63. The molecular weight excluding hydrogens is 335 g/mol. The lowest BCUT2D eigenvalue weighted by Gasteiger charge is -2.47. The largest absolute Gasteiger partial charge is 0.395 e. The number of nitrogens with zero attached hydrogens (tertiary/aromatic N) is 2. The van der Waals surface area contributed by atoms with Crippen LogP contribution in [0, 0.1) is 11.2 Å². The van der Waals surface area contributed by atoms with Gasteiger partial charge in [0.2, 0.25) is 0 Å². The molecule has 136 valence electrons. The first-order chi connectivity index (χ1) is 12.6. The zero-order valence-corrected chi connectivity index (χ0v) is 14.4. The maximum atomic E-state index is 13.2. The molecule has 5 nitrogen and oxygen atoms in total. The van der Waals surface area contributed by atoms with Gasteiger partial charge in [0.25, 0.3) is 0 Å². The summed E-state index contributed by atoms with van der Waals surface area (Å²) >= 11 is 0. The lowest BCUT2D eigenvalue weighted by molar-refractivity contribution is -0.195. The molecule has 1 atom stereocenters. The second-order valence-electron chi connectivity index (χ2n) is 7.51. The fraction of sp³-hybridized carbons (Fsp3) is 0.450. The van der Waals surface area contributed by atoms with Crippen molar-refractivity contribution in [1.29, 1.82) is 0 Å². The van der Waals surface area contributed by atoms with Crippen LogP contribution >= 0.6 is 0 Å². The average molecular weight is 356 g/mol. The Labute approximate surface area is 151 Å². The molecule has 0 bridgehead atoms. The minimum Gasteiger partial charge on any atom is -0.395 e. The first-order valence-electron chi connectivity index (χ1n) is 9.06. The molecule has 5 rings (SSSR count). The summed E-state index contributed by atoms with van der Waals surface area (Å²) in [4.78, 5) is 0. The van der Waals surface area contributed by atoms with Crippen molar-refractivity contribution in [1.82, 2.24) is 9.78 Å². The van der Waals surface area contributed by atoms with Crippen LogP contribution in [0.15, 0.2) is 36.0 Å². The molecule has 2 aliphatic carbocycles. The number of aromatic nitrogens is 2. The second-order valence-corrected chi connectivity index (χ2v) is 7.51. The molecule has 1 spiro atoms. The van der Waals surface area contributed by atoms with Gasteiger partial charge in [0, 0.05) is 18.3 Å². The van der Waals surface area contributed by atoms with Gasteiger partial charge in [-0.3, -0.25) is 0 Å². The van der Waals surface area contributed by atoms with E-state index in [-0.39, 0.29) is 17.8 Å². The van der Waals surface area contributed by atoms with E-state index in [1.165, 1.54) is 17.7 Å². The highest BCUT2D eigenvalue weighted by Gasteiger charge is 2.52. The zero-order chi connectivity index (χ0) is 17.8. The van der Waals surface area contributed by atoms with E-state index in [1.54, 1.807) is 12.1 Å². The van der Waals surface area contributed by atoms with Crippen LogP contribution in [0.5, 0.6) is 0 Å². The summed E-state index contributed by atoms with van der Waals surface area (Å²) in [5.41, 5.74) is 3.80. The third kappa shape index (κ3) is 2.36. The summed E-state index contributed by atoms with van der Waals surface area (Å²) in [6.45, 7) is 1.30. The number of ether oxygens (including phenoxy) is 2. The van der Waals surface area contributed by atoms with Crippen molar-refractivity contribution < 1.29 is 19.0 Å². The number of halogens is 1. The minimum atomic E-state index is -0.551. The van der Waals surface area contributed by atoms with Crippen molar-refractivity contribution in [3.63, 3.8) is 0 Å². The Bertz CT molecular complexity index is 868. The summed E-state index contributed by atoms with van der Waals surface area (Å²) in [5, 5.41) is 14.8. The molecule has 1 aromatic heterocycles. The maximum absolute atomic E-state index is 13.2. The highest BCUT2D eigenvalue weighted by atomic mass is 19.1. The zero-order valence-electron chi connectivity index (χ0n) is 14.4. The SMILES string of the molecule is OC[C@]12Cc3cnn(-c4ccc(F)cc4)c3C=C1CCC1(C2)OCCO1. The quantitative estimate of drug-likeness (QED) is 0.899. The Morgan fingerprint density at radius 3 is 2.69 bits per heavy atom. The van der Waals surface area contributed by atoms with Crippen molar-refractivity contribution >= 4 is 6.08 Å². The molecule has 0 radical (unpaired) electrons. The molecule has 2 fully saturated rings. The number of hydrogen-bond acceptors (Lipinski definition) is 4. The van der Waals surface area contributed by atoms with Gasteiger partial charge in [0.05, 0.1) is 37.4 Å². The van der Waals surface area contributed by atoms with Gasteiger partial charge >= 0.3 is 0 Å². The second kappa shape index (κ2) is 5.74. The Kier molecular flexibility index (Phi) is 3.57. The highest BCUT2D eigenvalue weighted by molar-refractivity contribution is 5.61.